The normalized spacial score (nSPS) is 39.4. The van der Waals surface area contributed by atoms with Crippen molar-refractivity contribution in [1.29, 1.82) is 0 Å². The second kappa shape index (κ2) is 10.6. The Morgan fingerprint density at radius 3 is 2.43 bits per heavy atom. The Hall–Kier alpha value is -1.58. The van der Waals surface area contributed by atoms with Crippen molar-refractivity contribution in [2.45, 2.75) is 67.8 Å². The summed E-state index contributed by atoms with van der Waals surface area (Å²) >= 11 is 0. The van der Waals surface area contributed by atoms with Gasteiger partial charge in [0.15, 0.2) is 6.29 Å². The molecule has 1 saturated carbocycles. The number of nitrogens with two attached hydrogens (primary N) is 4. The van der Waals surface area contributed by atoms with Crippen LogP contribution in [0, 0.1) is 0 Å². The summed E-state index contributed by atoms with van der Waals surface area (Å²) < 4.78 is 17.0. The van der Waals surface area contributed by atoms with E-state index in [-0.39, 0.29) is 12.6 Å². The maximum absolute atomic E-state index is 12.4. The Morgan fingerprint density at radius 2 is 1.87 bits per heavy atom. The first-order chi connectivity index (χ1) is 14.1. The second-order valence-corrected chi connectivity index (χ2v) is 7.68. The Morgan fingerprint density at radius 1 is 1.20 bits per heavy atom. The molecule has 2 rings (SSSR count). The molecule has 1 saturated heterocycles. The molecule has 0 aromatic rings. The first-order valence-corrected chi connectivity index (χ1v) is 9.82. The van der Waals surface area contributed by atoms with E-state index in [1.165, 1.54) is 14.2 Å². The fourth-order valence-electron chi connectivity index (χ4n) is 3.92. The number of hydrogen-bond acceptors (Lipinski definition) is 10. The first kappa shape index (κ1) is 24.7. The maximum atomic E-state index is 12.4. The van der Waals surface area contributed by atoms with Gasteiger partial charge in [-0.05, 0) is 12.8 Å². The molecule has 9 atom stereocenters. The van der Waals surface area contributed by atoms with Crippen molar-refractivity contribution in [3.8, 4) is 0 Å². The number of likely N-dealkylation sites (N-methyl/N-ethyl adjacent to an activating group) is 1. The average Bonchev–Trinajstić information content (AvgIpc) is 2.72. The largest absolute Gasteiger partial charge is 0.389 e. The van der Waals surface area contributed by atoms with Gasteiger partial charge < -0.3 is 57.6 Å². The van der Waals surface area contributed by atoms with Crippen LogP contribution in [-0.2, 0) is 19.0 Å². The summed E-state index contributed by atoms with van der Waals surface area (Å²) in [5, 5.41) is 23.9. The van der Waals surface area contributed by atoms with Crippen LogP contribution >= 0.6 is 0 Å². The molecule has 0 aromatic carbocycles. The number of aliphatic hydroxyl groups is 2. The monoisotopic (exact) mass is 434 g/mol. The van der Waals surface area contributed by atoms with Crippen molar-refractivity contribution in [3.05, 3.63) is 0 Å². The number of urea groups is 1. The number of rotatable bonds is 7. The lowest BCUT2D eigenvalue weighted by atomic mass is 9.80. The predicted molar refractivity (Wildman–Crippen MR) is 105 cm³/mol. The predicted octanol–water partition coefficient (Wildman–Crippen LogP) is -4.26. The summed E-state index contributed by atoms with van der Waals surface area (Å²) in [4.78, 5) is 24.5. The second-order valence-electron chi connectivity index (χ2n) is 7.68. The highest BCUT2D eigenvalue weighted by atomic mass is 16.7. The number of aliphatic hydroxyl groups excluding tert-OH is 2. The number of nitrogens with zero attached hydrogens (tertiary/aromatic N) is 1. The van der Waals surface area contributed by atoms with E-state index >= 15 is 0 Å². The van der Waals surface area contributed by atoms with Crippen LogP contribution in [0.4, 0.5) is 4.79 Å². The number of amides is 3. The van der Waals surface area contributed by atoms with E-state index < -0.39 is 67.3 Å². The number of hydrogen-bond donors (Lipinski definition) is 7. The highest BCUT2D eigenvalue weighted by Gasteiger charge is 2.53. The van der Waals surface area contributed by atoms with Crippen LogP contribution in [-0.4, -0.2) is 109 Å². The topological polar surface area (TPSA) is 222 Å². The van der Waals surface area contributed by atoms with Gasteiger partial charge >= 0.3 is 6.03 Å². The lowest BCUT2D eigenvalue weighted by molar-refractivity contribution is -0.265. The Balaban J connectivity index is 2.20. The molecule has 3 amide bonds. The van der Waals surface area contributed by atoms with E-state index in [0.717, 1.165) is 4.90 Å². The lowest BCUT2D eigenvalue weighted by Gasteiger charge is -2.50. The van der Waals surface area contributed by atoms with E-state index in [1.807, 2.05) is 0 Å². The highest BCUT2D eigenvalue weighted by molar-refractivity contribution is 5.83. The van der Waals surface area contributed by atoms with Crippen molar-refractivity contribution < 1.29 is 34.0 Å². The van der Waals surface area contributed by atoms with Gasteiger partial charge in [-0.25, -0.2) is 4.79 Å². The lowest BCUT2D eigenvalue weighted by Crippen LogP contribution is -2.72. The van der Waals surface area contributed by atoms with Crippen molar-refractivity contribution in [1.82, 2.24) is 10.2 Å². The summed E-state index contributed by atoms with van der Waals surface area (Å²) in [6.45, 7) is -0.110. The Bertz CT molecular complexity index is 599. The van der Waals surface area contributed by atoms with Gasteiger partial charge in [-0.15, -0.1) is 0 Å². The molecular weight excluding hydrogens is 400 g/mol. The molecule has 13 heteroatoms. The van der Waals surface area contributed by atoms with Crippen molar-refractivity contribution in [2.24, 2.45) is 22.9 Å². The SMILES string of the molecule is COC1C(O)C(N)C(OC2OC(CN)CCC2N)C(O)C1N(C)C(=O)CNC(N)=O. The maximum Gasteiger partial charge on any atom is 0.312 e. The molecular formula is C17H34N6O7. The summed E-state index contributed by atoms with van der Waals surface area (Å²) in [5.41, 5.74) is 22.9. The van der Waals surface area contributed by atoms with Gasteiger partial charge in [0, 0.05) is 20.7 Å². The Labute approximate surface area is 174 Å². The average molecular weight is 434 g/mol. The van der Waals surface area contributed by atoms with Crippen molar-refractivity contribution in [2.75, 3.05) is 27.2 Å². The van der Waals surface area contributed by atoms with Gasteiger partial charge in [-0.2, -0.15) is 0 Å². The summed E-state index contributed by atoms with van der Waals surface area (Å²) in [6, 6.07) is -3.41. The number of methoxy groups -OCH3 is 1. The quantitative estimate of drug-likeness (QED) is 0.204. The minimum atomic E-state index is -1.34. The van der Waals surface area contributed by atoms with Gasteiger partial charge in [0.2, 0.25) is 5.91 Å². The molecule has 2 fully saturated rings. The number of carbonyl (C=O) groups is 2. The van der Waals surface area contributed by atoms with Crippen LogP contribution in [0.5, 0.6) is 0 Å². The van der Waals surface area contributed by atoms with E-state index in [4.69, 9.17) is 37.1 Å². The van der Waals surface area contributed by atoms with E-state index in [1.54, 1.807) is 0 Å². The number of nitrogens with one attached hydrogen (secondary N) is 1. The third-order valence-corrected chi connectivity index (χ3v) is 5.71. The smallest absolute Gasteiger partial charge is 0.312 e. The zero-order valence-corrected chi connectivity index (χ0v) is 17.2. The molecule has 2 aliphatic rings. The first-order valence-electron chi connectivity index (χ1n) is 9.82. The molecule has 0 aromatic heterocycles. The molecule has 0 spiro atoms. The highest BCUT2D eigenvalue weighted by Crippen LogP contribution is 2.30. The van der Waals surface area contributed by atoms with Crippen molar-refractivity contribution >= 4 is 11.9 Å². The standard InChI is InChI=1S/C17H34N6O7/c1-23(9(24)6-22-17(21)27)11-13(26)14(10(20)12(25)15(11)28-2)30-16-8(19)4-3-7(5-18)29-16/h7-8,10-16,25-26H,3-6,18-20H2,1-2H3,(H3,21,22,27). The third-order valence-electron chi connectivity index (χ3n) is 5.71. The number of carbonyl (C=O) groups excluding carboxylic acids is 2. The van der Waals surface area contributed by atoms with E-state index in [9.17, 15) is 19.8 Å². The summed E-state index contributed by atoms with van der Waals surface area (Å²) in [6.07, 6.45) is -4.57. The van der Waals surface area contributed by atoms with Gasteiger partial charge in [-0.1, -0.05) is 0 Å². The molecule has 30 heavy (non-hydrogen) atoms. The van der Waals surface area contributed by atoms with Gasteiger partial charge in [0.25, 0.3) is 0 Å². The summed E-state index contributed by atoms with van der Waals surface area (Å²) in [5.74, 6) is -0.560. The zero-order valence-electron chi connectivity index (χ0n) is 17.2. The molecule has 0 bridgehead atoms. The van der Waals surface area contributed by atoms with Crippen molar-refractivity contribution in [3.63, 3.8) is 0 Å². The van der Waals surface area contributed by atoms with Gasteiger partial charge in [-0.3, -0.25) is 4.79 Å². The number of ether oxygens (including phenoxy) is 3. The molecule has 11 N–H and O–H groups in total. The van der Waals surface area contributed by atoms with E-state index in [0.29, 0.717) is 12.8 Å². The van der Waals surface area contributed by atoms with Crippen LogP contribution in [0.15, 0.2) is 0 Å². The molecule has 1 aliphatic heterocycles. The van der Waals surface area contributed by atoms with Gasteiger partial charge in [0.1, 0.15) is 18.3 Å². The van der Waals surface area contributed by atoms with Crippen LogP contribution in [0.2, 0.25) is 0 Å². The van der Waals surface area contributed by atoms with Crippen LogP contribution in [0.1, 0.15) is 12.8 Å². The fourth-order valence-corrected chi connectivity index (χ4v) is 3.92. The molecule has 0 radical (unpaired) electrons. The van der Waals surface area contributed by atoms with Crippen LogP contribution in [0.25, 0.3) is 0 Å². The van der Waals surface area contributed by atoms with E-state index in [2.05, 4.69) is 5.32 Å². The minimum Gasteiger partial charge on any atom is -0.389 e. The fraction of sp³-hybridized carbons (Fsp3) is 0.882. The van der Waals surface area contributed by atoms with Gasteiger partial charge in [0.05, 0.1) is 36.9 Å². The van der Waals surface area contributed by atoms with Crippen LogP contribution in [0.3, 0.4) is 0 Å². The minimum absolute atomic E-state index is 0.247. The number of primary amides is 1. The molecule has 9 unspecified atom stereocenters. The molecule has 174 valence electrons. The summed E-state index contributed by atoms with van der Waals surface area (Å²) in [7, 11) is 2.73. The molecule has 1 heterocycles. The molecule has 1 aliphatic carbocycles. The Kier molecular flexibility index (Phi) is 8.75. The molecule has 13 nitrogen and oxygen atoms in total. The zero-order chi connectivity index (χ0) is 22.6. The third kappa shape index (κ3) is 5.36. The van der Waals surface area contributed by atoms with Crippen LogP contribution < -0.4 is 28.3 Å².